The highest BCUT2D eigenvalue weighted by atomic mass is 16.6. The Morgan fingerprint density at radius 2 is 1.38 bits per heavy atom. The Morgan fingerprint density at radius 1 is 0.885 bits per heavy atom. The fraction of sp³-hybridized carbons (Fsp3) is 0.158. The van der Waals surface area contributed by atoms with Gasteiger partial charge >= 0.3 is 18.0 Å². The van der Waals surface area contributed by atoms with Crippen molar-refractivity contribution < 1.29 is 28.6 Å². The summed E-state index contributed by atoms with van der Waals surface area (Å²) in [6.45, 7) is 0. The summed E-state index contributed by atoms with van der Waals surface area (Å²) in [7, 11) is 2.61. The van der Waals surface area contributed by atoms with Crippen LogP contribution in [0.2, 0.25) is 0 Å². The molecule has 0 spiro atoms. The van der Waals surface area contributed by atoms with Gasteiger partial charge in [-0.05, 0) is 29.8 Å². The molecule has 3 rings (SSSR count). The molecule has 1 unspecified atom stereocenters. The molecule has 7 heteroatoms. The fourth-order valence-corrected chi connectivity index (χ4v) is 2.59. The van der Waals surface area contributed by atoms with Crippen molar-refractivity contribution >= 4 is 23.7 Å². The number of hydrogen-bond acceptors (Lipinski definition) is 6. The predicted molar refractivity (Wildman–Crippen MR) is 91.3 cm³/mol. The summed E-state index contributed by atoms with van der Waals surface area (Å²) in [5.74, 6) is -0.903. The largest absolute Gasteiger partial charge is 0.465 e. The van der Waals surface area contributed by atoms with Gasteiger partial charge in [0.1, 0.15) is 5.71 Å². The molecule has 132 valence electrons. The Kier molecular flexibility index (Phi) is 4.79. The van der Waals surface area contributed by atoms with E-state index in [4.69, 9.17) is 4.74 Å². The summed E-state index contributed by atoms with van der Waals surface area (Å²) in [5, 5.41) is 0. The zero-order valence-electron chi connectivity index (χ0n) is 14.1. The summed E-state index contributed by atoms with van der Waals surface area (Å²) in [4.78, 5) is 38.7. The number of aliphatic imine (C=N–C) groups is 1. The lowest BCUT2D eigenvalue weighted by Gasteiger charge is -2.13. The van der Waals surface area contributed by atoms with Gasteiger partial charge in [0.25, 0.3) is 0 Å². The molecule has 1 atom stereocenters. The van der Waals surface area contributed by atoms with Crippen LogP contribution in [0.3, 0.4) is 0 Å². The van der Waals surface area contributed by atoms with Gasteiger partial charge in [-0.1, -0.05) is 24.3 Å². The molecule has 2 aromatic carbocycles. The van der Waals surface area contributed by atoms with Gasteiger partial charge < -0.3 is 14.2 Å². The molecule has 1 amide bonds. The summed E-state index contributed by atoms with van der Waals surface area (Å²) >= 11 is 0. The first-order valence-electron chi connectivity index (χ1n) is 7.69. The minimum atomic E-state index is -0.696. The molecule has 26 heavy (non-hydrogen) atoms. The summed E-state index contributed by atoms with van der Waals surface area (Å²) in [6.07, 6.45) is -1.39. The van der Waals surface area contributed by atoms with Crippen molar-refractivity contribution in [1.29, 1.82) is 0 Å². The zero-order chi connectivity index (χ0) is 18.7. The molecule has 1 aliphatic rings. The van der Waals surface area contributed by atoms with Crippen molar-refractivity contribution in [3.05, 3.63) is 70.8 Å². The lowest BCUT2D eigenvalue weighted by atomic mass is 9.97. The molecule has 0 bridgehead atoms. The normalized spacial score (nSPS) is 15.8. The minimum absolute atomic E-state index is 0.390. The van der Waals surface area contributed by atoms with Gasteiger partial charge in [-0.3, -0.25) is 0 Å². The number of benzene rings is 2. The Labute approximate surface area is 149 Å². The SMILES string of the molecule is COC(=O)c1ccc(C2=NC(=O)OC2c2ccc(C(=O)OC)cc2)cc1. The van der Waals surface area contributed by atoms with Crippen LogP contribution in [-0.2, 0) is 14.2 Å². The molecule has 1 heterocycles. The second-order valence-corrected chi connectivity index (χ2v) is 5.44. The summed E-state index contributed by atoms with van der Waals surface area (Å²) in [5.41, 5.74) is 2.52. The van der Waals surface area contributed by atoms with Crippen molar-refractivity contribution in [2.45, 2.75) is 6.10 Å². The van der Waals surface area contributed by atoms with Crippen LogP contribution in [0.1, 0.15) is 37.9 Å². The number of carbonyl (C=O) groups excluding carboxylic acids is 3. The van der Waals surface area contributed by atoms with Gasteiger partial charge in [0.05, 0.1) is 25.3 Å². The van der Waals surface area contributed by atoms with E-state index >= 15 is 0 Å². The van der Waals surface area contributed by atoms with E-state index in [0.29, 0.717) is 28.0 Å². The molecule has 0 saturated carbocycles. The highest BCUT2D eigenvalue weighted by Gasteiger charge is 2.31. The van der Waals surface area contributed by atoms with Crippen molar-refractivity contribution in [3.63, 3.8) is 0 Å². The van der Waals surface area contributed by atoms with Gasteiger partial charge in [0.2, 0.25) is 0 Å². The van der Waals surface area contributed by atoms with E-state index in [9.17, 15) is 14.4 Å². The molecule has 0 saturated heterocycles. The van der Waals surface area contributed by atoms with E-state index in [2.05, 4.69) is 14.5 Å². The van der Waals surface area contributed by atoms with Gasteiger partial charge in [-0.2, -0.15) is 4.99 Å². The number of ether oxygens (including phenoxy) is 3. The zero-order valence-corrected chi connectivity index (χ0v) is 14.1. The Morgan fingerprint density at radius 3 is 1.88 bits per heavy atom. The number of hydrogen-bond donors (Lipinski definition) is 0. The number of methoxy groups -OCH3 is 2. The van der Waals surface area contributed by atoms with Crippen molar-refractivity contribution in [1.82, 2.24) is 0 Å². The molecule has 7 nitrogen and oxygen atoms in total. The van der Waals surface area contributed by atoms with Gasteiger partial charge in [0, 0.05) is 5.56 Å². The maximum Gasteiger partial charge on any atom is 0.435 e. The lowest BCUT2D eigenvalue weighted by molar-refractivity contribution is 0.0592. The van der Waals surface area contributed by atoms with Crippen molar-refractivity contribution in [2.24, 2.45) is 4.99 Å². The van der Waals surface area contributed by atoms with Crippen LogP contribution in [0.5, 0.6) is 0 Å². The first-order valence-corrected chi connectivity index (χ1v) is 7.69. The minimum Gasteiger partial charge on any atom is -0.465 e. The molecule has 0 aromatic heterocycles. The number of rotatable bonds is 4. The molecule has 2 aromatic rings. The van der Waals surface area contributed by atoms with E-state index in [1.807, 2.05) is 0 Å². The van der Waals surface area contributed by atoms with E-state index in [1.54, 1.807) is 48.5 Å². The molecule has 0 radical (unpaired) electrons. The predicted octanol–water partition coefficient (Wildman–Crippen LogP) is 2.94. The highest BCUT2D eigenvalue weighted by molar-refractivity contribution is 6.12. The Bertz CT molecular complexity index is 883. The molecule has 1 aliphatic heterocycles. The van der Waals surface area contributed by atoms with Crippen LogP contribution in [0.15, 0.2) is 53.5 Å². The molecule has 0 N–H and O–H groups in total. The van der Waals surface area contributed by atoms with E-state index in [1.165, 1.54) is 14.2 Å². The average molecular weight is 353 g/mol. The average Bonchev–Trinajstić information content (AvgIpc) is 3.08. The quantitative estimate of drug-likeness (QED) is 0.620. The first-order chi connectivity index (χ1) is 12.5. The number of carbonyl (C=O) groups is 3. The van der Waals surface area contributed by atoms with Crippen molar-refractivity contribution in [2.75, 3.05) is 14.2 Å². The Hall–Kier alpha value is -3.48. The number of nitrogens with zero attached hydrogens (tertiary/aromatic N) is 1. The fourth-order valence-electron chi connectivity index (χ4n) is 2.59. The van der Waals surface area contributed by atoms with Crippen LogP contribution < -0.4 is 0 Å². The van der Waals surface area contributed by atoms with Crippen LogP contribution in [-0.4, -0.2) is 38.0 Å². The third kappa shape index (κ3) is 3.32. The highest BCUT2D eigenvalue weighted by Crippen LogP contribution is 2.29. The first kappa shape index (κ1) is 17.3. The molecular formula is C19H15NO6. The molecule has 0 aliphatic carbocycles. The third-order valence-corrected chi connectivity index (χ3v) is 3.92. The van der Waals surface area contributed by atoms with Crippen LogP contribution in [0.25, 0.3) is 0 Å². The smallest absolute Gasteiger partial charge is 0.435 e. The number of esters is 2. The molecular weight excluding hydrogens is 338 g/mol. The van der Waals surface area contributed by atoms with Gasteiger partial charge in [-0.15, -0.1) is 0 Å². The van der Waals surface area contributed by atoms with Gasteiger partial charge in [-0.25, -0.2) is 14.4 Å². The second-order valence-electron chi connectivity index (χ2n) is 5.44. The Balaban J connectivity index is 1.89. The maximum absolute atomic E-state index is 11.7. The van der Waals surface area contributed by atoms with Crippen LogP contribution in [0.4, 0.5) is 4.79 Å². The van der Waals surface area contributed by atoms with Crippen LogP contribution >= 0.6 is 0 Å². The van der Waals surface area contributed by atoms with E-state index in [-0.39, 0.29) is 0 Å². The van der Waals surface area contributed by atoms with Crippen molar-refractivity contribution in [3.8, 4) is 0 Å². The van der Waals surface area contributed by atoms with Crippen LogP contribution in [0, 0.1) is 0 Å². The third-order valence-electron chi connectivity index (χ3n) is 3.92. The summed E-state index contributed by atoms with van der Waals surface area (Å²) in [6, 6.07) is 13.0. The maximum atomic E-state index is 11.7. The topological polar surface area (TPSA) is 91.3 Å². The lowest BCUT2D eigenvalue weighted by Crippen LogP contribution is -2.12. The second kappa shape index (κ2) is 7.18. The van der Waals surface area contributed by atoms with E-state index < -0.39 is 24.1 Å². The standard InChI is InChI=1S/C19H15NO6/c1-24-17(21)13-7-3-11(4-8-13)15-16(26-19(23)20-15)12-5-9-14(10-6-12)18(22)25-2/h3-10,16H,1-2H3. The monoisotopic (exact) mass is 353 g/mol. The molecule has 0 fully saturated rings. The summed E-state index contributed by atoms with van der Waals surface area (Å²) < 4.78 is 14.6. The number of amides is 1. The van der Waals surface area contributed by atoms with Gasteiger partial charge in [0.15, 0.2) is 6.10 Å². The number of cyclic esters (lactones) is 1. The van der Waals surface area contributed by atoms with E-state index in [0.717, 1.165) is 0 Å².